The van der Waals surface area contributed by atoms with Gasteiger partial charge in [0, 0.05) is 11.9 Å². The van der Waals surface area contributed by atoms with Gasteiger partial charge < -0.3 is 11.1 Å². The Balaban J connectivity index is 1.66. The standard InChI is InChI=1S/C19H20FN5/c1-13-9-14(2)11-17(10-13)23-19(21)22-12-16-7-8-25(24-16)18-5-3-15(20)4-6-18/h3-11H,12H2,1-2H3,(H3,21,22,23). The number of aromatic nitrogens is 2. The number of nitrogens with one attached hydrogen (secondary N) is 1. The summed E-state index contributed by atoms with van der Waals surface area (Å²) < 4.78 is 14.7. The largest absolute Gasteiger partial charge is 0.370 e. The second-order valence-electron chi connectivity index (χ2n) is 5.93. The van der Waals surface area contributed by atoms with Gasteiger partial charge in [-0.2, -0.15) is 5.10 Å². The lowest BCUT2D eigenvalue weighted by Crippen LogP contribution is -2.22. The highest BCUT2D eigenvalue weighted by molar-refractivity contribution is 5.92. The third kappa shape index (κ3) is 4.44. The number of halogens is 1. The van der Waals surface area contributed by atoms with Gasteiger partial charge >= 0.3 is 0 Å². The lowest BCUT2D eigenvalue weighted by Gasteiger charge is -2.07. The van der Waals surface area contributed by atoms with Crippen molar-refractivity contribution in [3.05, 3.63) is 77.4 Å². The number of rotatable bonds is 4. The van der Waals surface area contributed by atoms with Crippen LogP contribution in [0.1, 0.15) is 16.8 Å². The van der Waals surface area contributed by atoms with Crippen molar-refractivity contribution in [3.63, 3.8) is 0 Å². The molecule has 0 fully saturated rings. The number of aryl methyl sites for hydroxylation is 2. The Morgan fingerprint density at radius 1 is 1.12 bits per heavy atom. The first kappa shape index (κ1) is 16.7. The summed E-state index contributed by atoms with van der Waals surface area (Å²) in [5, 5.41) is 7.51. The van der Waals surface area contributed by atoms with Gasteiger partial charge in [0.1, 0.15) is 5.82 Å². The molecule has 1 aromatic heterocycles. The fourth-order valence-corrected chi connectivity index (χ4v) is 2.58. The van der Waals surface area contributed by atoms with Crippen molar-refractivity contribution in [3.8, 4) is 5.69 Å². The van der Waals surface area contributed by atoms with Gasteiger partial charge in [-0.3, -0.25) is 0 Å². The molecular weight excluding hydrogens is 317 g/mol. The summed E-state index contributed by atoms with van der Waals surface area (Å²) in [7, 11) is 0. The molecule has 0 spiro atoms. The van der Waals surface area contributed by atoms with Gasteiger partial charge in [0.05, 0.1) is 17.9 Å². The number of hydrogen-bond donors (Lipinski definition) is 2. The zero-order chi connectivity index (χ0) is 17.8. The molecule has 128 valence electrons. The van der Waals surface area contributed by atoms with E-state index in [1.54, 1.807) is 16.8 Å². The van der Waals surface area contributed by atoms with E-state index in [0.29, 0.717) is 12.5 Å². The van der Waals surface area contributed by atoms with Crippen LogP contribution in [0.15, 0.2) is 59.7 Å². The van der Waals surface area contributed by atoms with Crippen LogP contribution in [-0.2, 0) is 6.54 Å². The van der Waals surface area contributed by atoms with E-state index in [1.807, 2.05) is 38.2 Å². The Hall–Kier alpha value is -3.15. The highest BCUT2D eigenvalue weighted by Crippen LogP contribution is 2.13. The van der Waals surface area contributed by atoms with Crippen LogP contribution in [0, 0.1) is 19.7 Å². The van der Waals surface area contributed by atoms with Crippen LogP contribution in [0.3, 0.4) is 0 Å². The Bertz CT molecular complexity index is 876. The quantitative estimate of drug-likeness (QED) is 0.565. The van der Waals surface area contributed by atoms with Crippen LogP contribution in [0.25, 0.3) is 5.69 Å². The molecule has 5 nitrogen and oxygen atoms in total. The minimum absolute atomic E-state index is 0.272. The van der Waals surface area contributed by atoms with Crippen LogP contribution >= 0.6 is 0 Å². The van der Waals surface area contributed by atoms with Crippen molar-refractivity contribution >= 4 is 11.6 Å². The highest BCUT2D eigenvalue weighted by atomic mass is 19.1. The molecule has 25 heavy (non-hydrogen) atoms. The molecular formula is C19H20FN5. The maximum Gasteiger partial charge on any atom is 0.193 e. The van der Waals surface area contributed by atoms with E-state index in [-0.39, 0.29) is 5.82 Å². The number of aliphatic imine (C=N–C) groups is 1. The lowest BCUT2D eigenvalue weighted by molar-refractivity contribution is 0.627. The highest BCUT2D eigenvalue weighted by Gasteiger charge is 2.02. The molecule has 0 saturated carbocycles. The van der Waals surface area contributed by atoms with Crippen molar-refractivity contribution in [2.75, 3.05) is 5.32 Å². The SMILES string of the molecule is Cc1cc(C)cc(NC(N)=NCc2ccn(-c3ccc(F)cc3)n2)c1. The number of anilines is 1. The molecule has 0 atom stereocenters. The average Bonchev–Trinajstić information content (AvgIpc) is 3.01. The fraction of sp³-hybridized carbons (Fsp3) is 0.158. The average molecular weight is 337 g/mol. The Morgan fingerprint density at radius 3 is 2.48 bits per heavy atom. The van der Waals surface area contributed by atoms with Crippen LogP contribution in [0.4, 0.5) is 10.1 Å². The van der Waals surface area contributed by atoms with Crippen molar-refractivity contribution in [1.82, 2.24) is 9.78 Å². The number of guanidine groups is 1. The molecule has 2 aromatic carbocycles. The van der Waals surface area contributed by atoms with Gasteiger partial charge in [-0.25, -0.2) is 14.1 Å². The molecule has 3 aromatic rings. The van der Waals surface area contributed by atoms with E-state index in [2.05, 4.69) is 21.5 Å². The second-order valence-corrected chi connectivity index (χ2v) is 5.93. The number of benzene rings is 2. The smallest absolute Gasteiger partial charge is 0.193 e. The van der Waals surface area contributed by atoms with E-state index in [4.69, 9.17) is 5.73 Å². The molecule has 0 radical (unpaired) electrons. The predicted molar refractivity (Wildman–Crippen MR) is 98.4 cm³/mol. The first-order valence-electron chi connectivity index (χ1n) is 7.95. The van der Waals surface area contributed by atoms with Gasteiger partial charge in [0.2, 0.25) is 0 Å². The molecule has 6 heteroatoms. The first-order valence-corrected chi connectivity index (χ1v) is 7.95. The van der Waals surface area contributed by atoms with Gasteiger partial charge in [-0.05, 0) is 67.4 Å². The number of hydrogen-bond acceptors (Lipinski definition) is 2. The maximum absolute atomic E-state index is 13.0. The summed E-state index contributed by atoms with van der Waals surface area (Å²) in [4.78, 5) is 4.32. The topological polar surface area (TPSA) is 68.2 Å². The molecule has 0 unspecified atom stereocenters. The van der Waals surface area contributed by atoms with Crippen molar-refractivity contribution in [1.29, 1.82) is 0 Å². The Morgan fingerprint density at radius 2 is 1.80 bits per heavy atom. The summed E-state index contributed by atoms with van der Waals surface area (Å²) in [5.41, 5.74) is 10.7. The predicted octanol–water partition coefficient (Wildman–Crippen LogP) is 3.56. The summed E-state index contributed by atoms with van der Waals surface area (Å²) in [6, 6.07) is 14.1. The van der Waals surface area contributed by atoms with Gasteiger partial charge in [-0.1, -0.05) is 6.07 Å². The Labute approximate surface area is 146 Å². The minimum Gasteiger partial charge on any atom is -0.370 e. The summed E-state index contributed by atoms with van der Waals surface area (Å²) in [5.74, 6) is 0.0623. The molecule has 1 heterocycles. The van der Waals surface area contributed by atoms with Crippen molar-refractivity contribution in [2.45, 2.75) is 20.4 Å². The second kappa shape index (κ2) is 7.17. The third-order valence-electron chi connectivity index (χ3n) is 3.64. The van der Waals surface area contributed by atoms with Crippen molar-refractivity contribution in [2.24, 2.45) is 10.7 Å². The molecule has 0 saturated heterocycles. The van der Waals surface area contributed by atoms with Crippen LogP contribution in [0.5, 0.6) is 0 Å². The Kier molecular flexibility index (Phi) is 4.79. The molecule has 0 aliphatic rings. The van der Waals surface area contributed by atoms with Crippen molar-refractivity contribution < 1.29 is 4.39 Å². The monoisotopic (exact) mass is 337 g/mol. The first-order chi connectivity index (χ1) is 12.0. The van der Waals surface area contributed by atoms with E-state index in [9.17, 15) is 4.39 Å². The van der Waals surface area contributed by atoms with Gasteiger partial charge in [0.25, 0.3) is 0 Å². The summed E-state index contributed by atoms with van der Waals surface area (Å²) in [6.07, 6.45) is 1.81. The molecule has 3 N–H and O–H groups in total. The molecule has 0 aliphatic carbocycles. The van der Waals surface area contributed by atoms with Gasteiger partial charge in [-0.15, -0.1) is 0 Å². The van der Waals surface area contributed by atoms with Crippen LogP contribution < -0.4 is 11.1 Å². The van der Waals surface area contributed by atoms with E-state index >= 15 is 0 Å². The molecule has 3 rings (SSSR count). The van der Waals surface area contributed by atoms with E-state index in [1.165, 1.54) is 12.1 Å². The normalized spacial score (nSPS) is 11.6. The van der Waals surface area contributed by atoms with E-state index < -0.39 is 0 Å². The lowest BCUT2D eigenvalue weighted by atomic mass is 10.1. The summed E-state index contributed by atoms with van der Waals surface area (Å²) >= 11 is 0. The molecule has 0 bridgehead atoms. The fourth-order valence-electron chi connectivity index (χ4n) is 2.58. The number of nitrogens with two attached hydrogens (primary N) is 1. The third-order valence-corrected chi connectivity index (χ3v) is 3.64. The minimum atomic E-state index is -0.272. The molecule has 0 aliphatic heterocycles. The van der Waals surface area contributed by atoms with Gasteiger partial charge in [0.15, 0.2) is 5.96 Å². The van der Waals surface area contributed by atoms with Crippen LogP contribution in [-0.4, -0.2) is 15.7 Å². The maximum atomic E-state index is 13.0. The summed E-state index contributed by atoms with van der Waals surface area (Å²) in [6.45, 7) is 4.43. The van der Waals surface area contributed by atoms with E-state index in [0.717, 1.165) is 28.2 Å². The van der Waals surface area contributed by atoms with Crippen LogP contribution in [0.2, 0.25) is 0 Å². The zero-order valence-electron chi connectivity index (χ0n) is 14.2. The number of nitrogens with zero attached hydrogens (tertiary/aromatic N) is 3. The zero-order valence-corrected chi connectivity index (χ0v) is 14.2. The molecule has 0 amide bonds.